The summed E-state index contributed by atoms with van der Waals surface area (Å²) >= 11 is 0. The molecule has 0 aliphatic rings. The molecule has 0 aliphatic carbocycles. The standard InChI is InChI=1S/C9H4N4/c1-13-9(7-12)4-2-3-8(5-10)6-11/h3-4H,2H2/b9-4-. The molecular weight excluding hydrogens is 164 g/mol. The second-order valence-electron chi connectivity index (χ2n) is 1.89. The van der Waals surface area contributed by atoms with Crippen molar-refractivity contribution in [2.75, 3.05) is 0 Å². The van der Waals surface area contributed by atoms with Crippen molar-refractivity contribution in [1.29, 1.82) is 15.8 Å². The Hall–Kier alpha value is -2.56. The minimum absolute atomic E-state index is 0.0153. The van der Waals surface area contributed by atoms with E-state index in [4.69, 9.17) is 22.4 Å². The predicted octanol–water partition coefficient (Wildman–Crippen LogP) is 1.68. The summed E-state index contributed by atoms with van der Waals surface area (Å²) in [6.07, 6.45) is 2.98. The summed E-state index contributed by atoms with van der Waals surface area (Å²) in [5.41, 5.74) is -0.0509. The van der Waals surface area contributed by atoms with E-state index in [-0.39, 0.29) is 17.7 Å². The maximum Gasteiger partial charge on any atom is 0.258 e. The molecule has 0 saturated heterocycles. The second kappa shape index (κ2) is 6.17. The molecular formula is C9H4N4. The largest absolute Gasteiger partial charge is 0.258 e. The van der Waals surface area contributed by atoms with Crippen molar-refractivity contribution < 1.29 is 0 Å². The highest BCUT2D eigenvalue weighted by Gasteiger charge is 1.91. The zero-order chi connectivity index (χ0) is 10.1. The third kappa shape index (κ3) is 3.99. The maximum absolute atomic E-state index is 8.32. The van der Waals surface area contributed by atoms with Gasteiger partial charge in [-0.2, -0.15) is 10.5 Å². The van der Waals surface area contributed by atoms with Crippen LogP contribution >= 0.6 is 0 Å². The number of hydrogen-bond acceptors (Lipinski definition) is 3. The molecule has 0 rings (SSSR count). The summed E-state index contributed by atoms with van der Waals surface area (Å²) in [6, 6.07) is 5.02. The van der Waals surface area contributed by atoms with Crippen LogP contribution in [0.3, 0.4) is 0 Å². The Balaban J connectivity index is 4.41. The molecule has 0 aromatic heterocycles. The fourth-order valence-corrected chi connectivity index (χ4v) is 0.521. The van der Waals surface area contributed by atoms with Gasteiger partial charge in [-0.05, 0) is 6.42 Å². The monoisotopic (exact) mass is 168 g/mol. The van der Waals surface area contributed by atoms with Gasteiger partial charge >= 0.3 is 0 Å². The first kappa shape index (κ1) is 10.4. The number of nitrogens with zero attached hydrogens (tertiary/aromatic N) is 4. The fraction of sp³-hybridized carbons (Fsp3) is 0.111. The average molecular weight is 168 g/mol. The van der Waals surface area contributed by atoms with Gasteiger partial charge in [0.05, 0.1) is 12.6 Å². The quantitative estimate of drug-likeness (QED) is 0.465. The van der Waals surface area contributed by atoms with E-state index >= 15 is 0 Å². The van der Waals surface area contributed by atoms with Crippen molar-refractivity contribution >= 4 is 0 Å². The van der Waals surface area contributed by atoms with E-state index in [1.807, 2.05) is 0 Å². The van der Waals surface area contributed by atoms with Gasteiger partial charge in [0, 0.05) is 0 Å². The third-order valence-corrected chi connectivity index (χ3v) is 1.11. The molecule has 60 valence electrons. The first-order valence-corrected chi connectivity index (χ1v) is 3.26. The molecule has 0 aromatic rings. The summed E-state index contributed by atoms with van der Waals surface area (Å²) in [7, 11) is 0. The summed E-state index contributed by atoms with van der Waals surface area (Å²) in [4.78, 5) is 2.91. The van der Waals surface area contributed by atoms with Crippen LogP contribution in [0.2, 0.25) is 0 Å². The van der Waals surface area contributed by atoms with Crippen LogP contribution in [-0.2, 0) is 0 Å². The van der Waals surface area contributed by atoms with Crippen molar-refractivity contribution in [2.24, 2.45) is 0 Å². The second-order valence-corrected chi connectivity index (χ2v) is 1.89. The maximum atomic E-state index is 8.32. The molecule has 0 amide bonds. The van der Waals surface area contributed by atoms with Gasteiger partial charge in [0.25, 0.3) is 5.70 Å². The van der Waals surface area contributed by atoms with Crippen LogP contribution in [0.1, 0.15) is 6.42 Å². The van der Waals surface area contributed by atoms with Crippen molar-refractivity contribution in [3.63, 3.8) is 0 Å². The molecule has 0 unspecified atom stereocenters. The van der Waals surface area contributed by atoms with E-state index in [1.54, 1.807) is 18.2 Å². The van der Waals surface area contributed by atoms with Gasteiger partial charge in [0.15, 0.2) is 0 Å². The summed E-state index contributed by atoms with van der Waals surface area (Å²) in [5, 5.41) is 25.0. The summed E-state index contributed by atoms with van der Waals surface area (Å²) in [5.74, 6) is 0. The van der Waals surface area contributed by atoms with Crippen LogP contribution in [0.25, 0.3) is 4.85 Å². The van der Waals surface area contributed by atoms with Gasteiger partial charge in [-0.25, -0.2) is 10.1 Å². The lowest BCUT2D eigenvalue weighted by Gasteiger charge is -1.82. The fourth-order valence-electron chi connectivity index (χ4n) is 0.521. The Morgan fingerprint density at radius 3 is 2.15 bits per heavy atom. The molecule has 0 saturated carbocycles. The lowest BCUT2D eigenvalue weighted by atomic mass is 10.2. The van der Waals surface area contributed by atoms with E-state index in [0.29, 0.717) is 0 Å². The zero-order valence-electron chi connectivity index (χ0n) is 6.65. The molecule has 0 N–H and O–H groups in total. The zero-order valence-corrected chi connectivity index (χ0v) is 6.65. The molecule has 13 heavy (non-hydrogen) atoms. The van der Waals surface area contributed by atoms with E-state index in [9.17, 15) is 0 Å². The van der Waals surface area contributed by atoms with Crippen molar-refractivity contribution in [1.82, 2.24) is 0 Å². The highest BCUT2D eigenvalue weighted by Crippen LogP contribution is 1.99. The van der Waals surface area contributed by atoms with Gasteiger partial charge in [-0.1, -0.05) is 12.2 Å². The first-order chi connectivity index (χ1) is 6.28. The number of nitriles is 3. The lowest BCUT2D eigenvalue weighted by Crippen LogP contribution is -1.72. The minimum Gasteiger partial charge on any atom is -0.227 e. The van der Waals surface area contributed by atoms with Crippen LogP contribution < -0.4 is 0 Å². The number of allylic oxidation sites excluding steroid dienone is 4. The summed E-state index contributed by atoms with van der Waals surface area (Å²) < 4.78 is 0. The Kier molecular flexibility index (Phi) is 4.95. The molecule has 0 spiro atoms. The van der Waals surface area contributed by atoms with E-state index in [1.165, 1.54) is 12.2 Å². The number of rotatable bonds is 2. The Bertz CT molecular complexity index is 329. The normalized spacial score (nSPS) is 8.46. The SMILES string of the molecule is [C-]#[N+]/C(C#N)=C\CC=C(C#N)C#N. The van der Waals surface area contributed by atoms with E-state index < -0.39 is 0 Å². The number of hydrogen-bond donors (Lipinski definition) is 0. The van der Waals surface area contributed by atoms with Crippen LogP contribution in [0.4, 0.5) is 0 Å². The van der Waals surface area contributed by atoms with Gasteiger partial charge in [-0.15, -0.1) is 0 Å². The van der Waals surface area contributed by atoms with Gasteiger partial charge in [0.1, 0.15) is 17.7 Å². The topological polar surface area (TPSA) is 75.7 Å². The molecule has 0 bridgehead atoms. The van der Waals surface area contributed by atoms with Crippen LogP contribution in [0.5, 0.6) is 0 Å². The van der Waals surface area contributed by atoms with Crippen molar-refractivity contribution in [3.05, 3.63) is 34.8 Å². The van der Waals surface area contributed by atoms with Gasteiger partial charge in [0.2, 0.25) is 0 Å². The predicted molar refractivity (Wildman–Crippen MR) is 44.2 cm³/mol. The Morgan fingerprint density at radius 2 is 1.77 bits per heavy atom. The Labute approximate surface area is 76.1 Å². The van der Waals surface area contributed by atoms with Gasteiger partial charge in [-0.3, -0.25) is 0 Å². The van der Waals surface area contributed by atoms with Crippen LogP contribution in [0.15, 0.2) is 23.4 Å². The smallest absolute Gasteiger partial charge is 0.227 e. The lowest BCUT2D eigenvalue weighted by molar-refractivity contribution is 1.33. The molecule has 4 heteroatoms. The molecule has 0 atom stereocenters. The van der Waals surface area contributed by atoms with Crippen molar-refractivity contribution in [2.45, 2.75) is 6.42 Å². The molecule has 4 nitrogen and oxygen atoms in total. The van der Waals surface area contributed by atoms with Gasteiger partial charge < -0.3 is 0 Å². The highest BCUT2D eigenvalue weighted by atomic mass is 14.7. The van der Waals surface area contributed by atoms with Crippen molar-refractivity contribution in [3.8, 4) is 18.2 Å². The molecule has 0 aliphatic heterocycles. The molecule has 0 radical (unpaired) electrons. The third-order valence-electron chi connectivity index (χ3n) is 1.11. The minimum atomic E-state index is -0.0357. The molecule has 0 fully saturated rings. The Morgan fingerprint density at radius 1 is 1.15 bits per heavy atom. The molecule has 0 aromatic carbocycles. The van der Waals surface area contributed by atoms with Crippen LogP contribution in [-0.4, -0.2) is 0 Å². The molecule has 0 heterocycles. The van der Waals surface area contributed by atoms with E-state index in [2.05, 4.69) is 4.85 Å². The average Bonchev–Trinajstić information content (AvgIpc) is 2.19. The first-order valence-electron chi connectivity index (χ1n) is 3.26. The van der Waals surface area contributed by atoms with Crippen LogP contribution in [0, 0.1) is 40.6 Å². The highest BCUT2D eigenvalue weighted by molar-refractivity contribution is 5.36. The van der Waals surface area contributed by atoms with E-state index in [0.717, 1.165) is 0 Å². The summed E-state index contributed by atoms with van der Waals surface area (Å²) in [6.45, 7) is 6.52.